The molecule has 88 valence electrons. The fourth-order valence-electron chi connectivity index (χ4n) is 1.74. The van der Waals surface area contributed by atoms with Gasteiger partial charge in [0, 0.05) is 4.92 Å². The van der Waals surface area contributed by atoms with Crippen molar-refractivity contribution in [1.82, 2.24) is 10.6 Å². The summed E-state index contributed by atoms with van der Waals surface area (Å²) in [4.78, 5) is 32.7. The molecule has 1 heterocycles. The van der Waals surface area contributed by atoms with Crippen molar-refractivity contribution in [3.63, 3.8) is 0 Å². The minimum absolute atomic E-state index is 0.525. The van der Waals surface area contributed by atoms with E-state index in [4.69, 9.17) is 0 Å². The van der Waals surface area contributed by atoms with Gasteiger partial charge in [-0.25, -0.2) is 4.79 Å². The Kier molecular flexibility index (Phi) is 2.73. The Hall–Kier alpha value is -2.44. The smallest absolute Gasteiger partial charge is 0.322 e. The number of imide groups is 1. The SMILES string of the molecule is O=C1NC(=O)C([N+](=O)[O-])C(c2ccccc2)N1. The van der Waals surface area contributed by atoms with Crippen LogP contribution in [-0.4, -0.2) is 22.9 Å². The highest BCUT2D eigenvalue weighted by atomic mass is 16.6. The van der Waals surface area contributed by atoms with E-state index in [2.05, 4.69) is 5.32 Å². The number of carbonyl (C=O) groups is 2. The molecule has 0 bridgehead atoms. The average Bonchev–Trinajstić information content (AvgIpc) is 2.28. The van der Waals surface area contributed by atoms with Crippen LogP contribution < -0.4 is 10.6 Å². The van der Waals surface area contributed by atoms with Gasteiger partial charge in [-0.05, 0) is 5.56 Å². The normalized spacial score (nSPS) is 23.8. The second-order valence-corrected chi connectivity index (χ2v) is 3.58. The van der Waals surface area contributed by atoms with Crippen LogP contribution in [0.3, 0.4) is 0 Å². The van der Waals surface area contributed by atoms with E-state index in [-0.39, 0.29) is 0 Å². The number of hydrogen-bond acceptors (Lipinski definition) is 4. The molecule has 1 aromatic carbocycles. The molecule has 1 saturated heterocycles. The Balaban J connectivity index is 2.37. The zero-order chi connectivity index (χ0) is 12.4. The van der Waals surface area contributed by atoms with Crippen LogP contribution in [0.4, 0.5) is 4.79 Å². The zero-order valence-corrected chi connectivity index (χ0v) is 8.62. The molecule has 2 rings (SSSR count). The van der Waals surface area contributed by atoms with Crippen molar-refractivity contribution >= 4 is 11.9 Å². The van der Waals surface area contributed by atoms with Crippen LogP contribution >= 0.6 is 0 Å². The lowest BCUT2D eigenvalue weighted by Gasteiger charge is -2.25. The summed E-state index contributed by atoms with van der Waals surface area (Å²) in [5.74, 6) is -0.896. The first-order valence-corrected chi connectivity index (χ1v) is 4.89. The molecule has 0 saturated carbocycles. The molecule has 0 radical (unpaired) electrons. The quantitative estimate of drug-likeness (QED) is 0.565. The molecule has 1 fully saturated rings. The molecule has 2 N–H and O–H groups in total. The van der Waals surface area contributed by atoms with Gasteiger partial charge < -0.3 is 5.32 Å². The molecule has 3 amide bonds. The predicted octanol–water partition coefficient (Wildman–Crippen LogP) is 0.212. The van der Waals surface area contributed by atoms with Crippen molar-refractivity contribution in [3.8, 4) is 0 Å². The summed E-state index contributed by atoms with van der Waals surface area (Å²) in [5.41, 5.74) is 0.525. The number of carbonyl (C=O) groups excluding carboxylic acids is 2. The second kappa shape index (κ2) is 4.20. The molecule has 0 aromatic heterocycles. The fourth-order valence-corrected chi connectivity index (χ4v) is 1.74. The minimum Gasteiger partial charge on any atom is -0.323 e. The van der Waals surface area contributed by atoms with Gasteiger partial charge in [-0.1, -0.05) is 30.3 Å². The van der Waals surface area contributed by atoms with Crippen LogP contribution in [0.1, 0.15) is 11.6 Å². The largest absolute Gasteiger partial charge is 0.323 e. The van der Waals surface area contributed by atoms with Crippen LogP contribution in [-0.2, 0) is 4.79 Å². The summed E-state index contributed by atoms with van der Waals surface area (Å²) >= 11 is 0. The number of nitrogens with zero attached hydrogens (tertiary/aromatic N) is 1. The standard InChI is InChI=1S/C10H9N3O4/c14-9-8(13(16)17)7(11-10(15)12-9)6-4-2-1-3-5-6/h1-5,7-8H,(H2,11,12,14,15). The molecule has 1 aromatic rings. The van der Waals surface area contributed by atoms with Crippen molar-refractivity contribution in [2.45, 2.75) is 12.1 Å². The Morgan fingerprint density at radius 2 is 1.82 bits per heavy atom. The molecule has 1 aliphatic rings. The van der Waals surface area contributed by atoms with E-state index in [0.29, 0.717) is 5.56 Å². The van der Waals surface area contributed by atoms with Gasteiger partial charge >= 0.3 is 18.0 Å². The molecule has 2 unspecified atom stereocenters. The van der Waals surface area contributed by atoms with E-state index in [9.17, 15) is 19.7 Å². The number of benzene rings is 1. The summed E-state index contributed by atoms with van der Waals surface area (Å²) in [6.45, 7) is 0. The highest BCUT2D eigenvalue weighted by Crippen LogP contribution is 2.21. The molecule has 7 heteroatoms. The van der Waals surface area contributed by atoms with Gasteiger partial charge in [0.25, 0.3) is 0 Å². The molecule has 7 nitrogen and oxygen atoms in total. The maximum atomic E-state index is 11.4. The van der Waals surface area contributed by atoms with Crippen molar-refractivity contribution in [2.75, 3.05) is 0 Å². The molecule has 17 heavy (non-hydrogen) atoms. The first-order chi connectivity index (χ1) is 8.09. The maximum Gasteiger partial charge on any atom is 0.322 e. The first-order valence-electron chi connectivity index (χ1n) is 4.89. The van der Waals surface area contributed by atoms with E-state index < -0.39 is 28.9 Å². The van der Waals surface area contributed by atoms with Crippen LogP contribution in [0.2, 0.25) is 0 Å². The third kappa shape index (κ3) is 2.07. The Morgan fingerprint density at radius 1 is 1.18 bits per heavy atom. The summed E-state index contributed by atoms with van der Waals surface area (Å²) in [5, 5.41) is 15.1. The third-order valence-electron chi connectivity index (χ3n) is 2.49. The predicted molar refractivity (Wildman–Crippen MR) is 56.6 cm³/mol. The van der Waals surface area contributed by atoms with E-state index in [0.717, 1.165) is 0 Å². The highest BCUT2D eigenvalue weighted by Gasteiger charge is 2.45. The van der Waals surface area contributed by atoms with E-state index in [1.165, 1.54) is 0 Å². The second-order valence-electron chi connectivity index (χ2n) is 3.58. The fraction of sp³-hybridized carbons (Fsp3) is 0.200. The molecule has 2 atom stereocenters. The van der Waals surface area contributed by atoms with Gasteiger partial charge in [-0.2, -0.15) is 0 Å². The number of amides is 3. The lowest BCUT2D eigenvalue weighted by atomic mass is 9.98. The van der Waals surface area contributed by atoms with Gasteiger partial charge in [0.1, 0.15) is 6.04 Å². The number of nitro groups is 1. The minimum atomic E-state index is -1.50. The van der Waals surface area contributed by atoms with Gasteiger partial charge in [0.05, 0.1) is 0 Å². The maximum absolute atomic E-state index is 11.4. The zero-order valence-electron chi connectivity index (χ0n) is 8.62. The van der Waals surface area contributed by atoms with Crippen LogP contribution in [0.5, 0.6) is 0 Å². The highest BCUT2D eigenvalue weighted by molar-refractivity contribution is 5.99. The first kappa shape index (κ1) is 11.1. The van der Waals surface area contributed by atoms with Crippen molar-refractivity contribution in [3.05, 3.63) is 46.0 Å². The Morgan fingerprint density at radius 3 is 2.41 bits per heavy atom. The topological polar surface area (TPSA) is 101 Å². The lowest BCUT2D eigenvalue weighted by molar-refractivity contribution is -0.513. The number of hydrogen-bond donors (Lipinski definition) is 2. The summed E-state index contributed by atoms with van der Waals surface area (Å²) in [7, 11) is 0. The molecular formula is C10H9N3O4. The van der Waals surface area contributed by atoms with Crippen molar-refractivity contribution < 1.29 is 14.5 Å². The van der Waals surface area contributed by atoms with Crippen LogP contribution in [0, 0.1) is 10.1 Å². The lowest BCUT2D eigenvalue weighted by Crippen LogP contribution is -2.59. The monoisotopic (exact) mass is 235 g/mol. The molecule has 1 aliphatic heterocycles. The van der Waals surface area contributed by atoms with E-state index in [1.807, 2.05) is 5.32 Å². The number of urea groups is 1. The third-order valence-corrected chi connectivity index (χ3v) is 2.49. The van der Waals surface area contributed by atoms with Gasteiger partial charge in [0.15, 0.2) is 0 Å². The molecule has 0 spiro atoms. The molecular weight excluding hydrogens is 226 g/mol. The Labute approximate surface area is 96.0 Å². The Bertz CT molecular complexity index is 474. The summed E-state index contributed by atoms with van der Waals surface area (Å²) < 4.78 is 0. The average molecular weight is 235 g/mol. The van der Waals surface area contributed by atoms with Gasteiger partial charge in [-0.3, -0.25) is 20.2 Å². The molecule has 0 aliphatic carbocycles. The summed E-state index contributed by atoms with van der Waals surface area (Å²) in [6.07, 6.45) is 0. The van der Waals surface area contributed by atoms with Crippen LogP contribution in [0.25, 0.3) is 0 Å². The van der Waals surface area contributed by atoms with Gasteiger partial charge in [-0.15, -0.1) is 0 Å². The summed E-state index contributed by atoms with van der Waals surface area (Å²) in [6, 6.07) is 5.20. The van der Waals surface area contributed by atoms with E-state index >= 15 is 0 Å². The van der Waals surface area contributed by atoms with Gasteiger partial charge in [0.2, 0.25) is 0 Å². The van der Waals surface area contributed by atoms with Crippen molar-refractivity contribution in [2.24, 2.45) is 0 Å². The van der Waals surface area contributed by atoms with Crippen LogP contribution in [0.15, 0.2) is 30.3 Å². The van der Waals surface area contributed by atoms with Crippen molar-refractivity contribution in [1.29, 1.82) is 0 Å². The number of rotatable bonds is 2. The van der Waals surface area contributed by atoms with E-state index in [1.54, 1.807) is 30.3 Å². The number of nitrogens with one attached hydrogen (secondary N) is 2.